The molecule has 4 rings (SSSR count). The van der Waals surface area contributed by atoms with Gasteiger partial charge in [0.05, 0.1) is 31.3 Å². The van der Waals surface area contributed by atoms with Crippen molar-refractivity contribution in [3.63, 3.8) is 0 Å². The van der Waals surface area contributed by atoms with Crippen LogP contribution in [0.1, 0.15) is 26.7 Å². The van der Waals surface area contributed by atoms with Crippen molar-refractivity contribution in [2.24, 2.45) is 17.8 Å². The number of nitrogens with zero attached hydrogens (tertiary/aromatic N) is 1. The highest BCUT2D eigenvalue weighted by molar-refractivity contribution is 5.91. The summed E-state index contributed by atoms with van der Waals surface area (Å²) in [7, 11) is 0. The number of ether oxygens (including phenoxy) is 3. The zero-order chi connectivity index (χ0) is 16.9. The van der Waals surface area contributed by atoms with Crippen LogP contribution in [-0.2, 0) is 23.8 Å². The van der Waals surface area contributed by atoms with Gasteiger partial charge in [-0.05, 0) is 18.8 Å². The quantitative estimate of drug-likeness (QED) is 0.557. The summed E-state index contributed by atoms with van der Waals surface area (Å²) < 4.78 is 17.1. The van der Waals surface area contributed by atoms with Crippen molar-refractivity contribution in [1.82, 2.24) is 4.90 Å². The van der Waals surface area contributed by atoms with E-state index in [1.54, 1.807) is 0 Å². The molecule has 0 aromatic heterocycles. The zero-order valence-corrected chi connectivity index (χ0v) is 14.3. The normalized spacial score (nSPS) is 40.0. The lowest BCUT2D eigenvalue weighted by molar-refractivity contribution is -0.154. The van der Waals surface area contributed by atoms with Gasteiger partial charge in [-0.15, -0.1) is 0 Å². The Balaban J connectivity index is 1.50. The van der Waals surface area contributed by atoms with Crippen LogP contribution in [0.3, 0.4) is 0 Å². The van der Waals surface area contributed by atoms with E-state index in [4.69, 9.17) is 14.2 Å². The van der Waals surface area contributed by atoms with Crippen molar-refractivity contribution < 1.29 is 23.8 Å². The monoisotopic (exact) mass is 335 g/mol. The molecule has 4 aliphatic rings. The first-order valence-corrected chi connectivity index (χ1v) is 8.94. The van der Waals surface area contributed by atoms with Crippen LogP contribution >= 0.6 is 0 Å². The number of hydrogen-bond donors (Lipinski definition) is 0. The number of fused-ring (bicyclic) bond motifs is 1. The Morgan fingerprint density at radius 1 is 1.50 bits per heavy atom. The number of rotatable bonds is 5. The van der Waals surface area contributed by atoms with Crippen molar-refractivity contribution in [2.45, 2.75) is 44.5 Å². The van der Waals surface area contributed by atoms with Gasteiger partial charge in [-0.25, -0.2) is 0 Å². The van der Waals surface area contributed by atoms with Crippen molar-refractivity contribution >= 4 is 11.9 Å². The fourth-order valence-electron chi connectivity index (χ4n) is 4.38. The number of esters is 1. The molecule has 0 aromatic carbocycles. The van der Waals surface area contributed by atoms with Crippen molar-refractivity contribution in [3.05, 3.63) is 12.2 Å². The maximum atomic E-state index is 13.0. The summed E-state index contributed by atoms with van der Waals surface area (Å²) >= 11 is 0. The average molecular weight is 335 g/mol. The number of amides is 1. The van der Waals surface area contributed by atoms with E-state index < -0.39 is 17.4 Å². The number of likely N-dealkylation sites (tertiary alicyclic amines) is 1. The molecule has 6 nitrogen and oxygen atoms in total. The molecule has 0 aromatic rings. The van der Waals surface area contributed by atoms with Crippen molar-refractivity contribution in [1.29, 1.82) is 0 Å². The maximum absolute atomic E-state index is 13.0. The molecule has 0 saturated carbocycles. The van der Waals surface area contributed by atoms with Gasteiger partial charge < -0.3 is 19.1 Å². The third kappa shape index (κ3) is 2.47. The number of hydrogen-bond acceptors (Lipinski definition) is 5. The molecule has 3 fully saturated rings. The van der Waals surface area contributed by atoms with Gasteiger partial charge in [0.25, 0.3) is 0 Å². The van der Waals surface area contributed by atoms with Crippen molar-refractivity contribution in [3.8, 4) is 0 Å². The minimum atomic E-state index is -0.651. The topological polar surface area (TPSA) is 65.1 Å². The first-order chi connectivity index (χ1) is 11.5. The van der Waals surface area contributed by atoms with E-state index in [-0.39, 0.29) is 30.0 Å². The zero-order valence-electron chi connectivity index (χ0n) is 14.3. The molecule has 5 atom stereocenters. The molecule has 6 heteroatoms. The summed E-state index contributed by atoms with van der Waals surface area (Å²) in [6, 6.07) is 0. The Hall–Kier alpha value is -1.40. The predicted molar refractivity (Wildman–Crippen MR) is 85.1 cm³/mol. The Labute approximate surface area is 142 Å². The summed E-state index contributed by atoms with van der Waals surface area (Å²) in [5, 5.41) is 0. The molecule has 1 spiro atoms. The molecule has 4 aliphatic heterocycles. The van der Waals surface area contributed by atoms with Crippen LogP contribution in [-0.4, -0.2) is 60.9 Å². The van der Waals surface area contributed by atoms with Gasteiger partial charge >= 0.3 is 5.97 Å². The Morgan fingerprint density at radius 3 is 3.04 bits per heavy atom. The fraction of sp³-hybridized carbons (Fsp3) is 0.778. The Morgan fingerprint density at radius 2 is 2.33 bits per heavy atom. The van der Waals surface area contributed by atoms with Gasteiger partial charge in [-0.3, -0.25) is 9.59 Å². The van der Waals surface area contributed by atoms with Gasteiger partial charge in [0, 0.05) is 13.2 Å². The van der Waals surface area contributed by atoms with Crippen LogP contribution in [0, 0.1) is 17.8 Å². The predicted octanol–water partition coefficient (Wildman–Crippen LogP) is 1.15. The van der Waals surface area contributed by atoms with Crippen LogP contribution in [0.25, 0.3) is 0 Å². The molecule has 0 radical (unpaired) electrons. The van der Waals surface area contributed by atoms with Gasteiger partial charge in [-0.1, -0.05) is 26.0 Å². The van der Waals surface area contributed by atoms with E-state index in [1.807, 2.05) is 30.9 Å². The highest BCUT2D eigenvalue weighted by Crippen LogP contribution is 2.52. The highest BCUT2D eigenvalue weighted by atomic mass is 16.6. The smallest absolute Gasteiger partial charge is 0.312 e. The summed E-state index contributed by atoms with van der Waals surface area (Å²) in [6.45, 7) is 6.24. The number of carbonyl (C=O) groups is 2. The molecule has 0 unspecified atom stereocenters. The third-order valence-electron chi connectivity index (χ3n) is 5.46. The molecular formula is C18H25NO5. The molecule has 1 amide bonds. The van der Waals surface area contributed by atoms with Crippen molar-refractivity contribution in [2.75, 3.05) is 26.3 Å². The lowest BCUT2D eigenvalue weighted by atomic mass is 9.77. The highest BCUT2D eigenvalue weighted by Gasteiger charge is 2.67. The van der Waals surface area contributed by atoms with Gasteiger partial charge in [0.2, 0.25) is 5.91 Å². The Bertz CT molecular complexity index is 568. The van der Waals surface area contributed by atoms with E-state index in [0.717, 1.165) is 19.4 Å². The maximum Gasteiger partial charge on any atom is 0.312 e. The molecule has 3 saturated heterocycles. The molecular weight excluding hydrogens is 310 g/mol. The second-order valence-corrected chi connectivity index (χ2v) is 7.78. The second kappa shape index (κ2) is 5.85. The molecule has 24 heavy (non-hydrogen) atoms. The molecule has 2 bridgehead atoms. The standard InChI is InChI=1S/C18H25NO5/c1-11(2)9-23-17(21)14-13-5-6-18(24-13)10-19(16(20)15(14)18)8-12-4-3-7-22-12/h5-6,11-15H,3-4,7-10H2,1-2H3/t12-,13+,14-,15+,18-/m1/s1. The minimum Gasteiger partial charge on any atom is -0.465 e. The van der Waals surface area contributed by atoms with Crippen LogP contribution in [0.15, 0.2) is 12.2 Å². The lowest BCUT2D eigenvalue weighted by Gasteiger charge is -2.23. The van der Waals surface area contributed by atoms with Gasteiger partial charge in [-0.2, -0.15) is 0 Å². The van der Waals surface area contributed by atoms with E-state index in [2.05, 4.69) is 0 Å². The molecule has 0 N–H and O–H groups in total. The summed E-state index contributed by atoms with van der Waals surface area (Å²) in [5.74, 6) is -1.00. The summed E-state index contributed by atoms with van der Waals surface area (Å²) in [4.78, 5) is 27.3. The first-order valence-electron chi connectivity index (χ1n) is 8.94. The van der Waals surface area contributed by atoms with E-state index in [9.17, 15) is 9.59 Å². The van der Waals surface area contributed by atoms with Crippen LogP contribution in [0.4, 0.5) is 0 Å². The van der Waals surface area contributed by atoms with E-state index in [0.29, 0.717) is 19.7 Å². The summed E-state index contributed by atoms with van der Waals surface area (Å²) in [6.07, 6.45) is 5.70. The average Bonchev–Trinajstić information content (AvgIpc) is 3.28. The molecule has 4 heterocycles. The third-order valence-corrected chi connectivity index (χ3v) is 5.46. The largest absolute Gasteiger partial charge is 0.465 e. The van der Waals surface area contributed by atoms with Gasteiger partial charge in [0.15, 0.2) is 0 Å². The fourth-order valence-corrected chi connectivity index (χ4v) is 4.38. The second-order valence-electron chi connectivity index (χ2n) is 7.78. The van der Waals surface area contributed by atoms with Gasteiger partial charge in [0.1, 0.15) is 11.5 Å². The minimum absolute atomic E-state index is 0.00356. The van der Waals surface area contributed by atoms with Crippen LogP contribution in [0.2, 0.25) is 0 Å². The van der Waals surface area contributed by atoms with E-state index >= 15 is 0 Å². The SMILES string of the molecule is CC(C)COC(=O)[C@@H]1[C@@H]2C=C[C@]3(CN(C[C@H]4CCCO4)C(=O)[C@H]13)O2. The van der Waals surface area contributed by atoms with E-state index in [1.165, 1.54) is 0 Å². The Kier molecular flexibility index (Phi) is 3.92. The van der Waals surface area contributed by atoms with Crippen LogP contribution < -0.4 is 0 Å². The lowest BCUT2D eigenvalue weighted by Crippen LogP contribution is -2.40. The first kappa shape index (κ1) is 16.1. The summed E-state index contributed by atoms with van der Waals surface area (Å²) in [5.41, 5.74) is -0.651. The van der Waals surface area contributed by atoms with Crippen LogP contribution in [0.5, 0.6) is 0 Å². The molecule has 0 aliphatic carbocycles. The number of carbonyl (C=O) groups excluding carboxylic acids is 2. The molecule has 132 valence electrons.